The summed E-state index contributed by atoms with van der Waals surface area (Å²) in [6, 6.07) is 0. The van der Waals surface area contributed by atoms with Crippen molar-refractivity contribution in [2.45, 2.75) is 46.5 Å². The Bertz CT molecular complexity index is 386. The molecule has 1 saturated carbocycles. The van der Waals surface area contributed by atoms with Gasteiger partial charge in [0.25, 0.3) is 0 Å². The van der Waals surface area contributed by atoms with Crippen LogP contribution in [0.15, 0.2) is 11.6 Å². The van der Waals surface area contributed by atoms with Gasteiger partial charge in [0, 0.05) is 18.9 Å². The molecule has 20 heavy (non-hydrogen) atoms. The number of hydrogen-bond donors (Lipinski definition) is 0. The average molecular weight is 280 g/mol. The Morgan fingerprint density at radius 3 is 2.80 bits per heavy atom. The summed E-state index contributed by atoms with van der Waals surface area (Å²) in [5.41, 5.74) is 1.13. The van der Waals surface area contributed by atoms with E-state index in [0.717, 1.165) is 12.8 Å². The molecule has 0 aromatic rings. The predicted octanol–water partition coefficient (Wildman–Crippen LogP) is 3.58. The van der Waals surface area contributed by atoms with Crippen LogP contribution < -0.4 is 0 Å². The number of ether oxygens (including phenoxy) is 2. The van der Waals surface area contributed by atoms with Crippen LogP contribution in [-0.4, -0.2) is 26.3 Å². The largest absolute Gasteiger partial charge is 0.359 e. The van der Waals surface area contributed by atoms with E-state index in [-0.39, 0.29) is 5.41 Å². The van der Waals surface area contributed by atoms with Crippen molar-refractivity contribution in [1.29, 1.82) is 0 Å². The summed E-state index contributed by atoms with van der Waals surface area (Å²) in [6.07, 6.45) is 6.09. The second-order valence-corrected chi connectivity index (χ2v) is 6.89. The van der Waals surface area contributed by atoms with E-state index >= 15 is 0 Å². The first kappa shape index (κ1) is 15.7. The van der Waals surface area contributed by atoms with E-state index in [2.05, 4.69) is 26.8 Å². The van der Waals surface area contributed by atoms with Crippen molar-refractivity contribution < 1.29 is 14.3 Å². The molecule has 0 amide bonds. The maximum Gasteiger partial charge on any atom is 0.146 e. The summed E-state index contributed by atoms with van der Waals surface area (Å²) in [6.45, 7) is 7.65. The van der Waals surface area contributed by atoms with Crippen LogP contribution in [-0.2, 0) is 14.3 Å². The number of methoxy groups -OCH3 is 1. The molecular formula is C17H28O3. The van der Waals surface area contributed by atoms with Crippen molar-refractivity contribution in [2.75, 3.05) is 20.5 Å². The molecule has 3 nitrogen and oxygen atoms in total. The van der Waals surface area contributed by atoms with Crippen LogP contribution in [0.2, 0.25) is 0 Å². The van der Waals surface area contributed by atoms with Crippen molar-refractivity contribution in [3.8, 4) is 0 Å². The van der Waals surface area contributed by atoms with Gasteiger partial charge < -0.3 is 9.47 Å². The molecule has 0 aromatic heterocycles. The number of carbonyl (C=O) groups excluding carboxylic acids is 1. The Labute approximate surface area is 122 Å². The fraction of sp³-hybridized carbons (Fsp3) is 0.824. The molecule has 2 aliphatic rings. The number of hydrogen-bond acceptors (Lipinski definition) is 3. The third kappa shape index (κ3) is 2.99. The molecule has 0 N–H and O–H groups in total. The lowest BCUT2D eigenvalue weighted by atomic mass is 9.72. The lowest BCUT2D eigenvalue weighted by molar-refractivity contribution is -0.129. The second kappa shape index (κ2) is 6.40. The molecule has 0 aliphatic heterocycles. The first-order valence-corrected chi connectivity index (χ1v) is 7.78. The fourth-order valence-electron chi connectivity index (χ4n) is 3.94. The van der Waals surface area contributed by atoms with E-state index in [9.17, 15) is 4.79 Å². The van der Waals surface area contributed by atoms with Crippen LogP contribution in [0.25, 0.3) is 0 Å². The zero-order valence-electron chi connectivity index (χ0n) is 13.3. The Balaban J connectivity index is 2.19. The highest BCUT2D eigenvalue weighted by molar-refractivity contribution is 5.86. The van der Waals surface area contributed by atoms with Gasteiger partial charge in [-0.25, -0.2) is 0 Å². The molecule has 0 radical (unpaired) electrons. The number of rotatable bonds is 5. The Morgan fingerprint density at radius 1 is 1.40 bits per heavy atom. The number of fused-ring (bicyclic) bond motifs is 1. The number of Topliss-reactive ketones (excluding diaryl/α,β-unsaturated/α-hetero) is 1. The van der Waals surface area contributed by atoms with Crippen LogP contribution in [0.5, 0.6) is 0 Å². The van der Waals surface area contributed by atoms with Crippen molar-refractivity contribution in [2.24, 2.45) is 23.2 Å². The topological polar surface area (TPSA) is 35.5 Å². The summed E-state index contributed by atoms with van der Waals surface area (Å²) >= 11 is 0. The minimum atomic E-state index is -0.141. The van der Waals surface area contributed by atoms with Gasteiger partial charge in [0.2, 0.25) is 0 Å². The van der Waals surface area contributed by atoms with Crippen molar-refractivity contribution in [3.63, 3.8) is 0 Å². The molecule has 0 heterocycles. The highest BCUT2D eigenvalue weighted by Gasteiger charge is 2.49. The lowest BCUT2D eigenvalue weighted by Gasteiger charge is -2.31. The monoisotopic (exact) mass is 280 g/mol. The normalized spacial score (nSPS) is 34.0. The van der Waals surface area contributed by atoms with Crippen LogP contribution in [0.1, 0.15) is 46.5 Å². The maximum atomic E-state index is 12.6. The van der Waals surface area contributed by atoms with Gasteiger partial charge in [-0.1, -0.05) is 26.8 Å². The fourth-order valence-corrected chi connectivity index (χ4v) is 3.94. The maximum absolute atomic E-state index is 12.6. The van der Waals surface area contributed by atoms with Crippen molar-refractivity contribution >= 4 is 5.78 Å². The number of ketones is 1. The van der Waals surface area contributed by atoms with Gasteiger partial charge in [0.15, 0.2) is 0 Å². The molecule has 0 aromatic carbocycles. The van der Waals surface area contributed by atoms with Gasteiger partial charge in [-0.3, -0.25) is 4.79 Å². The molecule has 0 unspecified atom stereocenters. The van der Waals surface area contributed by atoms with Gasteiger partial charge in [-0.05, 0) is 42.6 Å². The van der Waals surface area contributed by atoms with Gasteiger partial charge in [-0.2, -0.15) is 0 Å². The van der Waals surface area contributed by atoms with Gasteiger partial charge in [-0.15, -0.1) is 0 Å². The smallest absolute Gasteiger partial charge is 0.146 e. The van der Waals surface area contributed by atoms with E-state index in [1.54, 1.807) is 7.11 Å². The van der Waals surface area contributed by atoms with Crippen LogP contribution in [0.3, 0.4) is 0 Å². The second-order valence-electron chi connectivity index (χ2n) is 6.89. The van der Waals surface area contributed by atoms with Gasteiger partial charge >= 0.3 is 0 Å². The predicted molar refractivity (Wildman–Crippen MR) is 79.3 cm³/mol. The lowest BCUT2D eigenvalue weighted by Crippen LogP contribution is -2.32. The molecule has 1 fully saturated rings. The standard InChI is InChI=1S/C17H28O3/c1-12(2)14-7-8-17(3)15(14)9-13(5-6-16(17)18)10-20-11-19-4/h9,12,14-15H,5-8,10-11H2,1-4H3/t14-,15-,17+/m0/s1. The summed E-state index contributed by atoms with van der Waals surface area (Å²) in [7, 11) is 1.63. The third-order valence-electron chi connectivity index (χ3n) is 5.26. The first-order valence-electron chi connectivity index (χ1n) is 7.78. The number of allylic oxidation sites excluding steroid dienone is 1. The molecule has 3 heteroatoms. The zero-order valence-corrected chi connectivity index (χ0v) is 13.3. The Kier molecular flexibility index (Phi) is 5.03. The zero-order chi connectivity index (χ0) is 14.8. The van der Waals surface area contributed by atoms with E-state index in [4.69, 9.17) is 9.47 Å². The summed E-state index contributed by atoms with van der Waals surface area (Å²) in [5.74, 6) is 2.09. The van der Waals surface area contributed by atoms with E-state index in [1.165, 1.54) is 12.0 Å². The van der Waals surface area contributed by atoms with Crippen molar-refractivity contribution in [3.05, 3.63) is 11.6 Å². The Hall–Kier alpha value is -0.670. The Morgan fingerprint density at radius 2 is 2.15 bits per heavy atom. The molecule has 3 atom stereocenters. The van der Waals surface area contributed by atoms with Crippen LogP contribution in [0.4, 0.5) is 0 Å². The highest BCUT2D eigenvalue weighted by atomic mass is 16.7. The summed E-state index contributed by atoms with van der Waals surface area (Å²) < 4.78 is 10.4. The van der Waals surface area contributed by atoms with E-state index in [0.29, 0.717) is 43.4 Å². The van der Waals surface area contributed by atoms with Crippen molar-refractivity contribution in [1.82, 2.24) is 0 Å². The highest BCUT2D eigenvalue weighted by Crippen LogP contribution is 2.53. The third-order valence-corrected chi connectivity index (χ3v) is 5.26. The molecule has 0 saturated heterocycles. The van der Waals surface area contributed by atoms with Crippen LogP contribution >= 0.6 is 0 Å². The molecule has 0 bridgehead atoms. The molecular weight excluding hydrogens is 252 g/mol. The SMILES string of the molecule is COCOCC1=C[C@H]2[C@H](C(C)C)CC[C@@]2(C)C(=O)CC1. The van der Waals surface area contributed by atoms with Gasteiger partial charge in [0.05, 0.1) is 6.61 Å². The van der Waals surface area contributed by atoms with Gasteiger partial charge in [0.1, 0.15) is 12.6 Å². The molecule has 0 spiro atoms. The van der Waals surface area contributed by atoms with E-state index < -0.39 is 0 Å². The van der Waals surface area contributed by atoms with E-state index in [1.807, 2.05) is 0 Å². The molecule has 2 rings (SSSR count). The summed E-state index contributed by atoms with van der Waals surface area (Å²) in [4.78, 5) is 12.6. The van der Waals surface area contributed by atoms with Crippen LogP contribution in [0, 0.1) is 23.2 Å². The average Bonchev–Trinajstić information content (AvgIpc) is 2.69. The minimum absolute atomic E-state index is 0.141. The summed E-state index contributed by atoms with van der Waals surface area (Å²) in [5, 5.41) is 0. The molecule has 2 aliphatic carbocycles. The minimum Gasteiger partial charge on any atom is -0.359 e. The molecule has 114 valence electrons. The quantitative estimate of drug-likeness (QED) is 0.438. The first-order chi connectivity index (χ1) is 9.49. The number of carbonyl (C=O) groups is 1.